The van der Waals surface area contributed by atoms with E-state index >= 15 is 0 Å². The molecular weight excluding hydrogens is 272 g/mol. The Morgan fingerprint density at radius 3 is 2.76 bits per heavy atom. The van der Waals surface area contributed by atoms with Crippen LogP contribution < -0.4 is 10.9 Å². The fourth-order valence-electron chi connectivity index (χ4n) is 2.63. The van der Waals surface area contributed by atoms with Crippen LogP contribution in [0.3, 0.4) is 0 Å². The van der Waals surface area contributed by atoms with E-state index < -0.39 is 18.0 Å². The lowest BCUT2D eigenvalue weighted by Gasteiger charge is -2.28. The number of aryl methyl sites for hydroxylation is 1. The van der Waals surface area contributed by atoms with Gasteiger partial charge in [-0.15, -0.1) is 0 Å². The molecule has 6 heteroatoms. The van der Waals surface area contributed by atoms with Gasteiger partial charge in [-0.25, -0.2) is 10.9 Å². The number of carboxylic acid groups (broad SMARTS) is 2. The zero-order valence-corrected chi connectivity index (χ0v) is 11.7. The second-order valence-corrected chi connectivity index (χ2v) is 5.26. The van der Waals surface area contributed by atoms with Gasteiger partial charge in [0.2, 0.25) is 0 Å². The van der Waals surface area contributed by atoms with Crippen molar-refractivity contribution >= 4 is 11.9 Å². The maximum absolute atomic E-state index is 11.1. The quantitative estimate of drug-likeness (QED) is 0.568. The fraction of sp³-hybridized carbons (Fsp3) is 0.467. The molecular formula is C15H20N2O4. The van der Waals surface area contributed by atoms with E-state index in [4.69, 9.17) is 10.2 Å². The third-order valence-electron chi connectivity index (χ3n) is 3.75. The highest BCUT2D eigenvalue weighted by molar-refractivity contribution is 5.74. The van der Waals surface area contributed by atoms with Crippen LogP contribution in [0.25, 0.3) is 0 Å². The molecule has 2 rings (SSSR count). The standard InChI is InChI=1S/C15H20N2O4/c18-14(19)9-8-13(15(20)21)17-16-12-7-3-5-10-4-1-2-6-11(10)12/h1-2,4,6,12-13,16-17H,3,5,7-9H2,(H,18,19)(H,20,21)/t12-,13?/m0/s1. The molecule has 4 N–H and O–H groups in total. The summed E-state index contributed by atoms with van der Waals surface area (Å²) in [5.74, 6) is -2.04. The molecule has 0 saturated heterocycles. The van der Waals surface area contributed by atoms with Gasteiger partial charge in [-0.1, -0.05) is 24.3 Å². The molecule has 0 radical (unpaired) electrons. The number of carboxylic acids is 2. The van der Waals surface area contributed by atoms with Crippen LogP contribution in [0.5, 0.6) is 0 Å². The highest BCUT2D eigenvalue weighted by Crippen LogP contribution is 2.28. The van der Waals surface area contributed by atoms with Gasteiger partial charge < -0.3 is 10.2 Å². The van der Waals surface area contributed by atoms with Crippen LogP contribution in [-0.4, -0.2) is 28.2 Å². The van der Waals surface area contributed by atoms with Crippen LogP contribution in [0, 0.1) is 0 Å². The van der Waals surface area contributed by atoms with Crippen molar-refractivity contribution in [2.24, 2.45) is 0 Å². The molecule has 0 amide bonds. The number of carbonyl (C=O) groups is 2. The second kappa shape index (κ2) is 7.19. The lowest BCUT2D eigenvalue weighted by molar-refractivity contribution is -0.141. The monoisotopic (exact) mass is 292 g/mol. The highest BCUT2D eigenvalue weighted by Gasteiger charge is 2.23. The molecule has 1 aliphatic carbocycles. The number of hydrogen-bond donors (Lipinski definition) is 4. The van der Waals surface area contributed by atoms with E-state index in [-0.39, 0.29) is 18.9 Å². The number of hydrogen-bond acceptors (Lipinski definition) is 4. The number of rotatable bonds is 7. The van der Waals surface area contributed by atoms with Crippen molar-refractivity contribution < 1.29 is 19.8 Å². The summed E-state index contributed by atoms with van der Waals surface area (Å²) in [6.07, 6.45) is 2.88. The van der Waals surface area contributed by atoms with Crippen molar-refractivity contribution in [1.82, 2.24) is 10.9 Å². The van der Waals surface area contributed by atoms with Crippen molar-refractivity contribution in [3.05, 3.63) is 35.4 Å². The second-order valence-electron chi connectivity index (χ2n) is 5.26. The Labute approximate surface area is 123 Å². The first-order chi connectivity index (χ1) is 10.1. The Hall–Kier alpha value is -1.92. The van der Waals surface area contributed by atoms with Crippen LogP contribution in [0.1, 0.15) is 42.9 Å². The predicted octanol–water partition coefficient (Wildman–Crippen LogP) is 1.48. The fourth-order valence-corrected chi connectivity index (χ4v) is 2.63. The lowest BCUT2D eigenvalue weighted by atomic mass is 9.88. The van der Waals surface area contributed by atoms with E-state index in [9.17, 15) is 9.59 Å². The summed E-state index contributed by atoms with van der Waals surface area (Å²) in [4.78, 5) is 21.7. The van der Waals surface area contributed by atoms with Gasteiger partial charge in [-0.3, -0.25) is 9.59 Å². The summed E-state index contributed by atoms with van der Waals surface area (Å²) in [7, 11) is 0. The first kappa shape index (κ1) is 15.5. The molecule has 1 unspecified atom stereocenters. The third-order valence-corrected chi connectivity index (χ3v) is 3.75. The van der Waals surface area contributed by atoms with E-state index in [2.05, 4.69) is 16.9 Å². The Morgan fingerprint density at radius 2 is 2.05 bits per heavy atom. The summed E-state index contributed by atoms with van der Waals surface area (Å²) in [5, 5.41) is 17.8. The Balaban J connectivity index is 1.95. The summed E-state index contributed by atoms with van der Waals surface area (Å²) in [5.41, 5.74) is 8.29. The van der Waals surface area contributed by atoms with E-state index in [1.54, 1.807) is 0 Å². The van der Waals surface area contributed by atoms with Gasteiger partial charge in [0.1, 0.15) is 6.04 Å². The molecule has 0 aliphatic heterocycles. The van der Waals surface area contributed by atoms with Crippen LogP contribution in [0.15, 0.2) is 24.3 Å². The SMILES string of the molecule is O=C(O)CCC(NN[C@H]1CCCc2ccccc21)C(=O)O. The number of benzene rings is 1. The zero-order valence-electron chi connectivity index (χ0n) is 11.7. The van der Waals surface area contributed by atoms with E-state index in [1.165, 1.54) is 11.1 Å². The summed E-state index contributed by atoms with van der Waals surface area (Å²) in [6.45, 7) is 0. The Bertz CT molecular complexity index is 518. The molecule has 2 atom stereocenters. The molecule has 0 bridgehead atoms. The number of aliphatic carboxylic acids is 2. The first-order valence-electron chi connectivity index (χ1n) is 7.11. The molecule has 1 aromatic carbocycles. The topological polar surface area (TPSA) is 98.7 Å². The maximum atomic E-state index is 11.1. The molecule has 114 valence electrons. The van der Waals surface area contributed by atoms with Crippen LogP contribution in [-0.2, 0) is 16.0 Å². The average molecular weight is 292 g/mol. The van der Waals surface area contributed by atoms with Crippen molar-refractivity contribution in [3.63, 3.8) is 0 Å². The Kier molecular flexibility index (Phi) is 5.30. The molecule has 1 aromatic rings. The smallest absolute Gasteiger partial charge is 0.322 e. The first-order valence-corrected chi connectivity index (χ1v) is 7.11. The van der Waals surface area contributed by atoms with Gasteiger partial charge in [0.25, 0.3) is 0 Å². The van der Waals surface area contributed by atoms with Crippen molar-refractivity contribution in [1.29, 1.82) is 0 Å². The van der Waals surface area contributed by atoms with Gasteiger partial charge in [0.05, 0.1) is 0 Å². The van der Waals surface area contributed by atoms with Crippen molar-refractivity contribution in [3.8, 4) is 0 Å². The molecule has 6 nitrogen and oxygen atoms in total. The lowest BCUT2D eigenvalue weighted by Crippen LogP contribution is -2.47. The number of hydrazine groups is 1. The molecule has 0 spiro atoms. The van der Waals surface area contributed by atoms with Crippen LogP contribution in [0.4, 0.5) is 0 Å². The van der Waals surface area contributed by atoms with Gasteiger partial charge >= 0.3 is 11.9 Å². The minimum absolute atomic E-state index is 0.0477. The van der Waals surface area contributed by atoms with Crippen LogP contribution in [0.2, 0.25) is 0 Å². The van der Waals surface area contributed by atoms with Crippen LogP contribution >= 0.6 is 0 Å². The molecule has 0 saturated carbocycles. The predicted molar refractivity (Wildman–Crippen MR) is 76.7 cm³/mol. The summed E-state index contributed by atoms with van der Waals surface area (Å²) >= 11 is 0. The molecule has 1 aliphatic rings. The summed E-state index contributed by atoms with van der Waals surface area (Å²) < 4.78 is 0. The van der Waals surface area contributed by atoms with E-state index in [1.807, 2.05) is 18.2 Å². The molecule has 0 heterocycles. The van der Waals surface area contributed by atoms with E-state index in [0.717, 1.165) is 19.3 Å². The van der Waals surface area contributed by atoms with Gasteiger partial charge in [0, 0.05) is 12.5 Å². The van der Waals surface area contributed by atoms with E-state index in [0.29, 0.717) is 0 Å². The number of nitrogens with one attached hydrogen (secondary N) is 2. The molecule has 21 heavy (non-hydrogen) atoms. The molecule has 0 fully saturated rings. The van der Waals surface area contributed by atoms with Crippen molar-refractivity contribution in [2.75, 3.05) is 0 Å². The van der Waals surface area contributed by atoms with Crippen molar-refractivity contribution in [2.45, 2.75) is 44.2 Å². The molecule has 0 aromatic heterocycles. The third kappa shape index (κ3) is 4.27. The summed E-state index contributed by atoms with van der Waals surface area (Å²) in [6, 6.07) is 7.25. The minimum atomic E-state index is -1.05. The van der Waals surface area contributed by atoms with Gasteiger partial charge in [-0.2, -0.15) is 0 Å². The average Bonchev–Trinajstić information content (AvgIpc) is 2.46. The zero-order chi connectivity index (χ0) is 15.2. The minimum Gasteiger partial charge on any atom is -0.481 e. The normalized spacial score (nSPS) is 18.8. The highest BCUT2D eigenvalue weighted by atomic mass is 16.4. The van der Waals surface area contributed by atoms with Gasteiger partial charge in [-0.05, 0) is 36.8 Å². The maximum Gasteiger partial charge on any atom is 0.322 e. The number of fused-ring (bicyclic) bond motifs is 1. The van der Waals surface area contributed by atoms with Gasteiger partial charge in [0.15, 0.2) is 0 Å². The largest absolute Gasteiger partial charge is 0.481 e. The Morgan fingerprint density at radius 1 is 1.29 bits per heavy atom.